The van der Waals surface area contributed by atoms with Crippen LogP contribution in [0.1, 0.15) is 5.56 Å². The van der Waals surface area contributed by atoms with Crippen LogP contribution in [0.5, 0.6) is 0 Å². The Labute approximate surface area is 110 Å². The molecule has 1 aromatic heterocycles. The summed E-state index contributed by atoms with van der Waals surface area (Å²) in [5, 5.41) is 2.43. The third-order valence-electron chi connectivity index (χ3n) is 2.94. The Hall–Kier alpha value is -1.87. The van der Waals surface area contributed by atoms with Crippen molar-refractivity contribution in [3.63, 3.8) is 0 Å². The van der Waals surface area contributed by atoms with Crippen LogP contribution in [0.15, 0.2) is 59.6 Å². The van der Waals surface area contributed by atoms with E-state index in [4.69, 9.17) is 5.73 Å². The van der Waals surface area contributed by atoms with Gasteiger partial charge in [-0.1, -0.05) is 36.4 Å². The smallest absolute Gasteiger partial charge is 0.0735 e. The fourth-order valence-electron chi connectivity index (χ4n) is 1.95. The molecule has 3 rings (SSSR count). The maximum Gasteiger partial charge on any atom is 0.0735 e. The minimum Gasteiger partial charge on any atom is -0.398 e. The topological polar surface area (TPSA) is 41.8 Å². The van der Waals surface area contributed by atoms with Crippen molar-refractivity contribution in [1.82, 2.24) is 4.98 Å². The first-order valence-electron chi connectivity index (χ1n) is 5.87. The van der Waals surface area contributed by atoms with Crippen LogP contribution in [-0.2, 0) is 5.75 Å². The lowest BCUT2D eigenvalue weighted by Crippen LogP contribution is -1.91. The molecule has 3 aromatic rings. The predicted octanol–water partition coefficient (Wildman–Crippen LogP) is 4.04. The largest absolute Gasteiger partial charge is 0.398 e. The van der Waals surface area contributed by atoms with Gasteiger partial charge >= 0.3 is 0 Å². The molecule has 0 aliphatic rings. The molecule has 0 aliphatic carbocycles. The number of H-pyrrole nitrogens is 1. The zero-order valence-electron chi connectivity index (χ0n) is 9.89. The van der Waals surface area contributed by atoms with Crippen LogP contribution >= 0.6 is 11.8 Å². The number of rotatable bonds is 3. The lowest BCUT2D eigenvalue weighted by molar-refractivity contribution is 1.23. The van der Waals surface area contributed by atoms with Crippen molar-refractivity contribution in [3.05, 3.63) is 60.2 Å². The van der Waals surface area contributed by atoms with Gasteiger partial charge in [-0.25, -0.2) is 0 Å². The van der Waals surface area contributed by atoms with E-state index < -0.39 is 0 Å². The van der Waals surface area contributed by atoms with E-state index in [2.05, 4.69) is 35.3 Å². The van der Waals surface area contributed by atoms with E-state index in [9.17, 15) is 0 Å². The molecule has 0 spiro atoms. The van der Waals surface area contributed by atoms with E-state index >= 15 is 0 Å². The molecule has 0 aliphatic heterocycles. The fourth-order valence-corrected chi connectivity index (χ4v) is 2.91. The van der Waals surface area contributed by atoms with Crippen LogP contribution in [-0.4, -0.2) is 4.98 Å². The molecule has 1 heterocycles. The van der Waals surface area contributed by atoms with Gasteiger partial charge in [0.25, 0.3) is 0 Å². The second-order valence-corrected chi connectivity index (χ2v) is 5.23. The van der Waals surface area contributed by atoms with E-state index in [-0.39, 0.29) is 0 Å². The molecule has 3 heteroatoms. The summed E-state index contributed by atoms with van der Waals surface area (Å²) in [5.74, 6) is 0.888. The molecule has 3 N–H and O–H groups in total. The van der Waals surface area contributed by atoms with E-state index in [0.717, 1.165) is 11.4 Å². The Morgan fingerprint density at radius 2 is 1.78 bits per heavy atom. The highest BCUT2D eigenvalue weighted by molar-refractivity contribution is 7.98. The first-order valence-corrected chi connectivity index (χ1v) is 6.85. The molecule has 0 unspecified atom stereocenters. The van der Waals surface area contributed by atoms with Crippen molar-refractivity contribution in [2.75, 3.05) is 5.73 Å². The molecule has 0 atom stereocenters. The number of nitrogen functional groups attached to an aromatic ring is 1. The van der Waals surface area contributed by atoms with Crippen LogP contribution < -0.4 is 5.73 Å². The minimum absolute atomic E-state index is 0.862. The molecule has 0 bridgehead atoms. The van der Waals surface area contributed by atoms with Crippen molar-refractivity contribution in [2.24, 2.45) is 0 Å². The number of hydrogen-bond acceptors (Lipinski definition) is 2. The number of hydrogen-bond donors (Lipinski definition) is 2. The second kappa shape index (κ2) is 4.78. The van der Waals surface area contributed by atoms with Crippen LogP contribution in [0.2, 0.25) is 0 Å². The number of thioether (sulfide) groups is 1. The normalized spacial score (nSPS) is 10.9. The van der Waals surface area contributed by atoms with E-state index in [0.29, 0.717) is 0 Å². The highest BCUT2D eigenvalue weighted by atomic mass is 32.2. The number of para-hydroxylation sites is 2. The summed E-state index contributed by atoms with van der Waals surface area (Å²) in [7, 11) is 0. The van der Waals surface area contributed by atoms with Crippen molar-refractivity contribution in [3.8, 4) is 0 Å². The highest BCUT2D eigenvalue weighted by Gasteiger charge is 2.03. The average molecular weight is 254 g/mol. The van der Waals surface area contributed by atoms with E-state index in [1.165, 1.54) is 21.5 Å². The molecule has 90 valence electrons. The Balaban J connectivity index is 1.79. The summed E-state index contributed by atoms with van der Waals surface area (Å²) in [6, 6.07) is 18.5. The van der Waals surface area contributed by atoms with Crippen LogP contribution in [0, 0.1) is 0 Å². The van der Waals surface area contributed by atoms with Gasteiger partial charge in [-0.15, -0.1) is 11.8 Å². The molecule has 0 saturated carbocycles. The Bertz CT molecular complexity index is 640. The number of nitrogens with one attached hydrogen (secondary N) is 1. The maximum absolute atomic E-state index is 5.94. The van der Waals surface area contributed by atoms with E-state index in [1.54, 1.807) is 11.8 Å². The predicted molar refractivity (Wildman–Crippen MR) is 78.7 cm³/mol. The first-order chi connectivity index (χ1) is 8.83. The van der Waals surface area contributed by atoms with Crippen LogP contribution in [0.25, 0.3) is 10.9 Å². The fraction of sp³-hybridized carbons (Fsp3) is 0.0667. The zero-order valence-corrected chi connectivity index (χ0v) is 10.7. The minimum atomic E-state index is 0.862. The molecule has 0 amide bonds. The third-order valence-corrected chi connectivity index (χ3v) is 3.93. The molecule has 2 aromatic carbocycles. The summed E-state index contributed by atoms with van der Waals surface area (Å²) in [6.45, 7) is 0. The van der Waals surface area contributed by atoms with Gasteiger partial charge < -0.3 is 10.7 Å². The number of nitrogens with two attached hydrogens (primary N) is 1. The Morgan fingerprint density at radius 3 is 2.61 bits per heavy atom. The number of aromatic nitrogens is 1. The van der Waals surface area contributed by atoms with Gasteiger partial charge in [-0.05, 0) is 23.8 Å². The van der Waals surface area contributed by atoms with E-state index in [1.807, 2.05) is 24.3 Å². The second-order valence-electron chi connectivity index (χ2n) is 4.21. The van der Waals surface area contributed by atoms with Gasteiger partial charge in [0.15, 0.2) is 0 Å². The van der Waals surface area contributed by atoms with Gasteiger partial charge in [0.2, 0.25) is 0 Å². The van der Waals surface area contributed by atoms with Crippen molar-refractivity contribution in [2.45, 2.75) is 10.8 Å². The summed E-state index contributed by atoms with van der Waals surface area (Å²) >= 11 is 1.78. The molecule has 2 nitrogen and oxygen atoms in total. The Morgan fingerprint density at radius 1 is 1.00 bits per heavy atom. The van der Waals surface area contributed by atoms with Gasteiger partial charge in [-0.3, -0.25) is 0 Å². The number of benzene rings is 2. The maximum atomic E-state index is 5.94. The van der Waals surface area contributed by atoms with Gasteiger partial charge in [0, 0.05) is 22.3 Å². The molecule has 0 fully saturated rings. The summed E-state index contributed by atoms with van der Waals surface area (Å²) in [6.07, 6.45) is 0. The summed E-state index contributed by atoms with van der Waals surface area (Å²) < 4.78 is 0. The van der Waals surface area contributed by atoms with Gasteiger partial charge in [0.1, 0.15) is 0 Å². The molecule has 18 heavy (non-hydrogen) atoms. The van der Waals surface area contributed by atoms with Crippen LogP contribution in [0.4, 0.5) is 5.69 Å². The standard InChI is InChI=1S/C15H14N2S/c16-13-7-3-1-6-12(13)10-18-15-9-11-5-2-4-8-14(11)17-15/h1-9,17H,10,16H2. The lowest BCUT2D eigenvalue weighted by Gasteiger charge is -2.03. The zero-order chi connectivity index (χ0) is 12.4. The lowest BCUT2D eigenvalue weighted by atomic mass is 10.2. The monoisotopic (exact) mass is 254 g/mol. The highest BCUT2D eigenvalue weighted by Crippen LogP contribution is 2.27. The summed E-state index contributed by atoms with van der Waals surface area (Å²) in [5.41, 5.74) is 9.16. The van der Waals surface area contributed by atoms with Crippen molar-refractivity contribution < 1.29 is 0 Å². The Kier molecular flexibility index (Phi) is 2.99. The van der Waals surface area contributed by atoms with Crippen molar-refractivity contribution >= 4 is 28.4 Å². The molecular formula is C15H14N2S. The van der Waals surface area contributed by atoms with Gasteiger partial charge in [0.05, 0.1) is 5.03 Å². The average Bonchev–Trinajstić information content (AvgIpc) is 2.80. The SMILES string of the molecule is Nc1ccccc1CSc1cc2ccccc2[nH]1. The number of fused-ring (bicyclic) bond motifs is 1. The number of anilines is 1. The quantitative estimate of drug-likeness (QED) is 0.547. The first kappa shape index (κ1) is 11.2. The number of aromatic amines is 1. The third kappa shape index (κ3) is 2.22. The summed E-state index contributed by atoms with van der Waals surface area (Å²) in [4.78, 5) is 3.41. The van der Waals surface area contributed by atoms with Crippen LogP contribution in [0.3, 0.4) is 0 Å². The van der Waals surface area contributed by atoms with Crippen molar-refractivity contribution in [1.29, 1.82) is 0 Å². The molecular weight excluding hydrogens is 240 g/mol. The molecule has 0 saturated heterocycles. The molecule has 0 radical (unpaired) electrons. The van der Waals surface area contributed by atoms with Gasteiger partial charge in [-0.2, -0.15) is 0 Å².